The van der Waals surface area contributed by atoms with Gasteiger partial charge in [0.25, 0.3) is 5.91 Å². The first kappa shape index (κ1) is 23.9. The molecule has 3 aromatic carbocycles. The van der Waals surface area contributed by atoms with Crippen LogP contribution in [0.2, 0.25) is 5.02 Å². The molecule has 8 heteroatoms. The SMILES string of the molecule is COCCN1C(=O)c2oc3ccc(Cl)cc3c(=O)c2C1c1ccc(OCc2ccccc2)c(OC)c1. The first-order valence-electron chi connectivity index (χ1n) is 11.4. The van der Waals surface area contributed by atoms with E-state index in [4.69, 9.17) is 30.2 Å². The second-order valence-electron chi connectivity index (χ2n) is 8.39. The molecule has 0 N–H and O–H groups in total. The second-order valence-corrected chi connectivity index (χ2v) is 8.83. The lowest BCUT2D eigenvalue weighted by atomic mass is 9.98. The van der Waals surface area contributed by atoms with Crippen LogP contribution < -0.4 is 14.9 Å². The molecule has 184 valence electrons. The highest BCUT2D eigenvalue weighted by molar-refractivity contribution is 6.31. The molecule has 0 saturated carbocycles. The molecule has 36 heavy (non-hydrogen) atoms. The fourth-order valence-electron chi connectivity index (χ4n) is 4.47. The van der Waals surface area contributed by atoms with E-state index in [1.54, 1.807) is 49.5 Å². The van der Waals surface area contributed by atoms with Gasteiger partial charge in [-0.3, -0.25) is 9.59 Å². The number of methoxy groups -OCH3 is 2. The molecule has 0 spiro atoms. The Hall–Kier alpha value is -3.81. The summed E-state index contributed by atoms with van der Waals surface area (Å²) in [5, 5.41) is 0.732. The number of nitrogens with zero attached hydrogens (tertiary/aromatic N) is 1. The Morgan fingerprint density at radius 3 is 2.53 bits per heavy atom. The molecular formula is C28H24ClNO6. The van der Waals surface area contributed by atoms with Crippen LogP contribution in [0.5, 0.6) is 11.5 Å². The Bertz CT molecular complexity index is 1480. The van der Waals surface area contributed by atoms with Crippen molar-refractivity contribution in [2.75, 3.05) is 27.4 Å². The maximum atomic E-state index is 13.6. The molecule has 0 fully saturated rings. The Morgan fingerprint density at radius 1 is 0.972 bits per heavy atom. The van der Waals surface area contributed by atoms with Gasteiger partial charge < -0.3 is 23.5 Å². The number of fused-ring (bicyclic) bond motifs is 2. The largest absolute Gasteiger partial charge is 0.493 e. The highest BCUT2D eigenvalue weighted by Gasteiger charge is 2.42. The molecule has 0 aliphatic carbocycles. The van der Waals surface area contributed by atoms with E-state index in [0.717, 1.165) is 5.56 Å². The summed E-state index contributed by atoms with van der Waals surface area (Å²) in [4.78, 5) is 28.6. The molecule has 0 saturated heterocycles. The summed E-state index contributed by atoms with van der Waals surface area (Å²) >= 11 is 6.15. The van der Waals surface area contributed by atoms with Gasteiger partial charge in [-0.2, -0.15) is 0 Å². The number of carbonyl (C=O) groups is 1. The van der Waals surface area contributed by atoms with E-state index in [-0.39, 0.29) is 29.2 Å². The van der Waals surface area contributed by atoms with Gasteiger partial charge in [-0.05, 0) is 41.5 Å². The lowest BCUT2D eigenvalue weighted by molar-refractivity contribution is 0.0663. The number of benzene rings is 3. The second kappa shape index (κ2) is 10.0. The van der Waals surface area contributed by atoms with Crippen molar-refractivity contribution in [3.05, 3.63) is 104 Å². The molecular weight excluding hydrogens is 482 g/mol. The lowest BCUT2D eigenvalue weighted by Crippen LogP contribution is -2.32. The first-order chi connectivity index (χ1) is 17.5. The van der Waals surface area contributed by atoms with Crippen molar-refractivity contribution in [1.82, 2.24) is 4.90 Å². The van der Waals surface area contributed by atoms with Crippen LogP contribution in [0.25, 0.3) is 11.0 Å². The smallest absolute Gasteiger partial charge is 0.290 e. The topological polar surface area (TPSA) is 78.2 Å². The highest BCUT2D eigenvalue weighted by Crippen LogP contribution is 2.41. The van der Waals surface area contributed by atoms with Crippen molar-refractivity contribution < 1.29 is 23.4 Å². The third-order valence-electron chi connectivity index (χ3n) is 6.20. The average Bonchev–Trinajstić information content (AvgIpc) is 3.18. The van der Waals surface area contributed by atoms with Gasteiger partial charge >= 0.3 is 0 Å². The zero-order chi connectivity index (χ0) is 25.2. The Morgan fingerprint density at radius 2 is 1.78 bits per heavy atom. The summed E-state index contributed by atoms with van der Waals surface area (Å²) in [5.41, 5.74) is 2.00. The van der Waals surface area contributed by atoms with Crippen molar-refractivity contribution in [3.8, 4) is 11.5 Å². The number of carbonyl (C=O) groups excluding carboxylic acids is 1. The molecule has 7 nitrogen and oxygen atoms in total. The number of rotatable bonds is 8. The van der Waals surface area contributed by atoms with Crippen LogP contribution in [0, 0.1) is 0 Å². The van der Waals surface area contributed by atoms with E-state index in [1.165, 1.54) is 0 Å². The van der Waals surface area contributed by atoms with Crippen LogP contribution in [0.1, 0.15) is 33.3 Å². The summed E-state index contributed by atoms with van der Waals surface area (Å²) in [7, 11) is 3.11. The van der Waals surface area contributed by atoms with Crippen LogP contribution in [-0.4, -0.2) is 38.2 Å². The highest BCUT2D eigenvalue weighted by atomic mass is 35.5. The van der Waals surface area contributed by atoms with E-state index < -0.39 is 6.04 Å². The van der Waals surface area contributed by atoms with Gasteiger partial charge in [-0.25, -0.2) is 0 Å². The molecule has 4 aromatic rings. The fraction of sp³-hybridized carbons (Fsp3) is 0.214. The van der Waals surface area contributed by atoms with Crippen LogP contribution >= 0.6 is 11.6 Å². The Labute approximate surface area is 212 Å². The molecule has 5 rings (SSSR count). The number of ether oxygens (including phenoxy) is 3. The van der Waals surface area contributed by atoms with Gasteiger partial charge in [-0.15, -0.1) is 0 Å². The van der Waals surface area contributed by atoms with Crippen molar-refractivity contribution >= 4 is 28.5 Å². The van der Waals surface area contributed by atoms with Crippen LogP contribution in [0.4, 0.5) is 0 Å². The molecule has 0 bridgehead atoms. The Balaban J connectivity index is 1.58. The zero-order valence-electron chi connectivity index (χ0n) is 19.8. The van der Waals surface area contributed by atoms with Crippen molar-refractivity contribution in [2.45, 2.75) is 12.6 Å². The molecule has 1 aliphatic rings. The summed E-state index contributed by atoms with van der Waals surface area (Å²) < 4.78 is 22.8. The third-order valence-corrected chi connectivity index (χ3v) is 6.44. The third kappa shape index (κ3) is 4.32. The lowest BCUT2D eigenvalue weighted by Gasteiger charge is -2.25. The molecule has 1 aliphatic heterocycles. The fourth-order valence-corrected chi connectivity index (χ4v) is 4.64. The summed E-state index contributed by atoms with van der Waals surface area (Å²) in [6.45, 7) is 0.943. The molecule has 1 amide bonds. The molecule has 1 aromatic heterocycles. The number of hydrogen-bond acceptors (Lipinski definition) is 6. The van der Waals surface area contributed by atoms with E-state index in [9.17, 15) is 9.59 Å². The summed E-state index contributed by atoms with van der Waals surface area (Å²) in [5.74, 6) is 0.698. The van der Waals surface area contributed by atoms with Gasteiger partial charge in [0, 0.05) is 18.7 Å². The average molecular weight is 506 g/mol. The molecule has 1 atom stereocenters. The quantitative estimate of drug-likeness (QED) is 0.326. The molecule has 0 radical (unpaired) electrons. The zero-order valence-corrected chi connectivity index (χ0v) is 20.6. The first-order valence-corrected chi connectivity index (χ1v) is 11.8. The van der Waals surface area contributed by atoms with Gasteiger partial charge in [0.15, 0.2) is 16.9 Å². The normalized spacial score (nSPS) is 14.8. The van der Waals surface area contributed by atoms with E-state index in [2.05, 4.69) is 0 Å². The van der Waals surface area contributed by atoms with Crippen molar-refractivity contribution in [3.63, 3.8) is 0 Å². The van der Waals surface area contributed by atoms with Crippen molar-refractivity contribution in [1.29, 1.82) is 0 Å². The minimum Gasteiger partial charge on any atom is -0.493 e. The maximum Gasteiger partial charge on any atom is 0.290 e. The van der Waals surface area contributed by atoms with E-state index in [1.807, 2.05) is 36.4 Å². The van der Waals surface area contributed by atoms with Gasteiger partial charge in [0.05, 0.1) is 30.7 Å². The molecule has 1 unspecified atom stereocenters. The maximum absolute atomic E-state index is 13.6. The molecule has 2 heterocycles. The van der Waals surface area contributed by atoms with Crippen LogP contribution in [-0.2, 0) is 11.3 Å². The predicted octanol–water partition coefficient (Wildman–Crippen LogP) is 5.23. The van der Waals surface area contributed by atoms with E-state index in [0.29, 0.717) is 46.3 Å². The number of hydrogen-bond donors (Lipinski definition) is 0. The predicted molar refractivity (Wildman–Crippen MR) is 136 cm³/mol. The van der Waals surface area contributed by atoms with Crippen LogP contribution in [0.15, 0.2) is 75.9 Å². The minimum atomic E-state index is -0.681. The summed E-state index contributed by atoms with van der Waals surface area (Å²) in [6, 6.07) is 19.3. The minimum absolute atomic E-state index is 0.0271. The monoisotopic (exact) mass is 505 g/mol. The Kier molecular flexibility index (Phi) is 6.67. The van der Waals surface area contributed by atoms with Crippen molar-refractivity contribution in [2.24, 2.45) is 0 Å². The van der Waals surface area contributed by atoms with E-state index >= 15 is 0 Å². The van der Waals surface area contributed by atoms with Crippen LogP contribution in [0.3, 0.4) is 0 Å². The van der Waals surface area contributed by atoms with Gasteiger partial charge in [0.2, 0.25) is 5.76 Å². The summed E-state index contributed by atoms with van der Waals surface area (Å²) in [6.07, 6.45) is 0. The number of halogens is 1. The van der Waals surface area contributed by atoms with Gasteiger partial charge in [-0.1, -0.05) is 48.0 Å². The number of amides is 1. The van der Waals surface area contributed by atoms with Gasteiger partial charge in [0.1, 0.15) is 12.2 Å². The standard InChI is InChI=1S/C28H24ClNO6/c1-33-13-12-30-25(24-26(31)20-15-19(29)9-11-21(20)36-27(24)28(30)32)18-8-10-22(23(14-18)34-2)35-16-17-6-4-3-5-7-17/h3-11,14-15,25H,12-13,16H2,1-2H3.